The Morgan fingerprint density at radius 2 is 2.08 bits per heavy atom. The normalized spacial score (nSPS) is 16.9. The molecular weight excluding hydrogens is 457 g/mol. The highest BCUT2D eigenvalue weighted by Crippen LogP contribution is 2.40. The predicted molar refractivity (Wildman–Crippen MR) is 132 cm³/mol. The molecule has 6 rings (SSSR count). The van der Waals surface area contributed by atoms with Gasteiger partial charge in [-0.2, -0.15) is 15.5 Å². The smallest absolute Gasteiger partial charge is 0.166 e. The lowest BCUT2D eigenvalue weighted by molar-refractivity contribution is 0.227. The molecule has 1 aliphatic carbocycles. The van der Waals surface area contributed by atoms with Crippen molar-refractivity contribution in [2.45, 2.75) is 45.3 Å². The number of aryl methyl sites for hydroxylation is 1. The number of nitrogens with two attached hydrogens (primary N) is 1. The zero-order chi connectivity index (χ0) is 25.0. The fourth-order valence-electron chi connectivity index (χ4n) is 5.23. The lowest BCUT2D eigenvalue weighted by atomic mass is 9.85. The summed E-state index contributed by atoms with van der Waals surface area (Å²) in [6.45, 7) is 2.60. The molecule has 4 aromatic rings. The number of nitrogens with zero attached hydrogens (tertiary/aromatic N) is 6. The number of hydrogen-bond acceptors (Lipinski definition) is 6. The number of fused-ring (bicyclic) bond motifs is 7. The monoisotopic (exact) mass is 483 g/mol. The molecule has 36 heavy (non-hydrogen) atoms. The van der Waals surface area contributed by atoms with Crippen LogP contribution in [0.2, 0.25) is 0 Å². The van der Waals surface area contributed by atoms with Crippen molar-refractivity contribution in [3.8, 4) is 34.3 Å². The quantitative estimate of drug-likeness (QED) is 0.440. The summed E-state index contributed by atoms with van der Waals surface area (Å²) in [5.41, 5.74) is 12.1. The number of benzene rings is 1. The van der Waals surface area contributed by atoms with Gasteiger partial charge in [0.2, 0.25) is 0 Å². The van der Waals surface area contributed by atoms with Crippen LogP contribution < -0.4 is 10.5 Å². The van der Waals surface area contributed by atoms with E-state index >= 15 is 0 Å². The Balaban J connectivity index is 1.63. The molecule has 0 radical (unpaired) electrons. The van der Waals surface area contributed by atoms with Gasteiger partial charge in [-0.3, -0.25) is 9.36 Å². The molecule has 4 heterocycles. The van der Waals surface area contributed by atoms with Crippen LogP contribution in [-0.4, -0.2) is 24.5 Å². The lowest BCUT2D eigenvalue weighted by Crippen LogP contribution is -2.19. The van der Waals surface area contributed by atoms with Crippen LogP contribution in [0.15, 0.2) is 36.7 Å². The fourth-order valence-corrected chi connectivity index (χ4v) is 5.23. The average molecular weight is 484 g/mol. The van der Waals surface area contributed by atoms with Gasteiger partial charge in [0, 0.05) is 60.2 Å². The van der Waals surface area contributed by atoms with Gasteiger partial charge in [0.25, 0.3) is 0 Å². The minimum absolute atomic E-state index is 0.242. The van der Waals surface area contributed by atoms with Crippen molar-refractivity contribution in [1.29, 1.82) is 5.26 Å². The molecule has 0 amide bonds. The number of ether oxygens (including phenoxy) is 1. The molecule has 1 atom stereocenters. The predicted octanol–water partition coefficient (Wildman–Crippen LogP) is 4.78. The van der Waals surface area contributed by atoms with Gasteiger partial charge in [-0.25, -0.2) is 9.37 Å². The van der Waals surface area contributed by atoms with Crippen molar-refractivity contribution in [2.75, 3.05) is 5.73 Å². The molecule has 1 aliphatic heterocycles. The fraction of sp³-hybridized carbons (Fsp3) is 0.333. The number of aromatic nitrogens is 5. The number of rotatable bonds is 2. The van der Waals surface area contributed by atoms with Crippen LogP contribution in [0.4, 0.5) is 10.2 Å². The molecule has 2 aliphatic rings. The van der Waals surface area contributed by atoms with E-state index in [-0.39, 0.29) is 11.6 Å². The number of nitrogen functional groups attached to an aromatic ring is 1. The number of hydrogen-bond donors (Lipinski definition) is 1. The molecule has 2 N–H and O–H groups in total. The summed E-state index contributed by atoms with van der Waals surface area (Å²) in [4.78, 5) is 4.41. The molecule has 8 nitrogen and oxygen atoms in total. The molecule has 3 aromatic heterocycles. The number of nitriles is 1. The summed E-state index contributed by atoms with van der Waals surface area (Å²) in [5.74, 6) is 0.819. The van der Waals surface area contributed by atoms with E-state index in [1.807, 2.05) is 30.9 Å². The molecule has 182 valence electrons. The molecule has 9 heteroatoms. The van der Waals surface area contributed by atoms with Gasteiger partial charge < -0.3 is 10.5 Å². The summed E-state index contributed by atoms with van der Waals surface area (Å²) in [7, 11) is 1.86. The van der Waals surface area contributed by atoms with Crippen LogP contribution in [0.5, 0.6) is 5.75 Å². The van der Waals surface area contributed by atoms with Gasteiger partial charge in [-0.15, -0.1) is 0 Å². The Morgan fingerprint density at radius 3 is 2.83 bits per heavy atom. The third-order valence-corrected chi connectivity index (χ3v) is 7.25. The first-order chi connectivity index (χ1) is 17.4. The minimum Gasteiger partial charge on any atom is -0.482 e. The van der Waals surface area contributed by atoms with Crippen molar-refractivity contribution in [3.05, 3.63) is 64.9 Å². The van der Waals surface area contributed by atoms with E-state index in [0.717, 1.165) is 53.0 Å². The van der Waals surface area contributed by atoms with E-state index in [4.69, 9.17) is 20.7 Å². The van der Waals surface area contributed by atoms with Crippen LogP contribution in [0.25, 0.3) is 22.5 Å². The largest absolute Gasteiger partial charge is 0.482 e. The summed E-state index contributed by atoms with van der Waals surface area (Å²) in [6, 6.07) is 8.78. The molecular formula is C27H26FN7O. The maximum Gasteiger partial charge on any atom is 0.166 e. The van der Waals surface area contributed by atoms with E-state index in [2.05, 4.69) is 11.1 Å². The van der Waals surface area contributed by atoms with Crippen molar-refractivity contribution in [3.63, 3.8) is 0 Å². The molecule has 1 fully saturated rings. The zero-order valence-corrected chi connectivity index (χ0v) is 20.2. The van der Waals surface area contributed by atoms with E-state index < -0.39 is 6.10 Å². The summed E-state index contributed by atoms with van der Waals surface area (Å²) in [6.07, 6.45) is 7.11. The van der Waals surface area contributed by atoms with Crippen LogP contribution in [-0.2, 0) is 20.0 Å². The maximum absolute atomic E-state index is 14.4. The Morgan fingerprint density at radius 1 is 1.25 bits per heavy atom. The zero-order valence-electron chi connectivity index (χ0n) is 20.2. The van der Waals surface area contributed by atoms with Crippen LogP contribution in [0.1, 0.15) is 54.7 Å². The maximum atomic E-state index is 14.4. The standard InChI is InChI=1S/C27H26FN7O/c1-15-21-10-19(28)6-7-20(21)25-18(14-34(2)33-25)8-22-23(11-29)32-35(13-16-4-3-5-16)26(22)17-9-24(36-15)27(30)31-12-17/h6-7,9-10,12,14-16H,3-5,8,13H2,1-2H3,(H2,30,31)/t15-/m1/s1. The number of anilines is 1. The second-order valence-corrected chi connectivity index (χ2v) is 9.72. The molecule has 0 saturated heterocycles. The van der Waals surface area contributed by atoms with Crippen molar-refractivity contribution < 1.29 is 9.13 Å². The second-order valence-electron chi connectivity index (χ2n) is 9.72. The molecule has 1 saturated carbocycles. The molecule has 2 bridgehead atoms. The first-order valence-corrected chi connectivity index (χ1v) is 12.2. The SMILES string of the molecule is C[C@H]1Oc2cc(cnc2N)-c2c(c(C#N)nn2CC2CCC2)Cc2cn(C)nc2-c2ccc(F)cc21. The van der Waals surface area contributed by atoms with Crippen molar-refractivity contribution in [1.82, 2.24) is 24.5 Å². The highest BCUT2D eigenvalue weighted by Gasteiger charge is 2.28. The van der Waals surface area contributed by atoms with Crippen molar-refractivity contribution >= 4 is 5.82 Å². The summed E-state index contributed by atoms with van der Waals surface area (Å²) < 4.78 is 24.3. The number of pyridine rings is 1. The first kappa shape index (κ1) is 22.3. The Kier molecular flexibility index (Phi) is 5.25. The van der Waals surface area contributed by atoms with E-state index in [9.17, 15) is 9.65 Å². The van der Waals surface area contributed by atoms with E-state index in [1.54, 1.807) is 16.9 Å². The Labute approximate surface area is 208 Å². The van der Waals surface area contributed by atoms with Gasteiger partial charge in [-0.1, -0.05) is 6.42 Å². The third-order valence-electron chi connectivity index (χ3n) is 7.25. The van der Waals surface area contributed by atoms with Gasteiger partial charge in [-0.05, 0) is 49.9 Å². The summed E-state index contributed by atoms with van der Waals surface area (Å²) >= 11 is 0. The topological polar surface area (TPSA) is 108 Å². The van der Waals surface area contributed by atoms with Gasteiger partial charge in [0.1, 0.15) is 18.0 Å². The number of halogens is 1. The first-order valence-electron chi connectivity index (χ1n) is 12.2. The highest BCUT2D eigenvalue weighted by atomic mass is 19.1. The van der Waals surface area contributed by atoms with Crippen LogP contribution >= 0.6 is 0 Å². The van der Waals surface area contributed by atoms with Crippen LogP contribution in [0.3, 0.4) is 0 Å². The Bertz CT molecular complexity index is 1530. The van der Waals surface area contributed by atoms with Gasteiger partial charge in [0.05, 0.1) is 11.4 Å². The van der Waals surface area contributed by atoms with Crippen LogP contribution in [0, 0.1) is 23.1 Å². The minimum atomic E-state index is -0.515. The van der Waals surface area contributed by atoms with E-state index in [1.165, 1.54) is 18.6 Å². The average Bonchev–Trinajstić information content (AvgIpc) is 3.36. The van der Waals surface area contributed by atoms with Gasteiger partial charge in [0.15, 0.2) is 17.3 Å². The lowest BCUT2D eigenvalue weighted by Gasteiger charge is -2.26. The molecule has 1 aromatic carbocycles. The molecule has 0 spiro atoms. The van der Waals surface area contributed by atoms with E-state index in [0.29, 0.717) is 29.3 Å². The third kappa shape index (κ3) is 3.70. The molecule has 0 unspecified atom stereocenters. The Hall–Kier alpha value is -4.19. The van der Waals surface area contributed by atoms with Crippen molar-refractivity contribution in [2.24, 2.45) is 13.0 Å². The van der Waals surface area contributed by atoms with Gasteiger partial charge >= 0.3 is 0 Å². The summed E-state index contributed by atoms with van der Waals surface area (Å²) in [5, 5.41) is 19.5. The second kappa shape index (κ2) is 8.48. The highest BCUT2D eigenvalue weighted by molar-refractivity contribution is 5.73.